The van der Waals surface area contributed by atoms with Crippen LogP contribution < -0.4 is 40.2 Å². The average Bonchev–Trinajstić information content (AvgIpc) is 3.18. The van der Waals surface area contributed by atoms with Gasteiger partial charge in [-0.3, -0.25) is 14.5 Å². The predicted octanol–water partition coefficient (Wildman–Crippen LogP) is 1.45. The summed E-state index contributed by atoms with van der Waals surface area (Å²) in [6.45, 7) is 1.81. The van der Waals surface area contributed by atoms with Crippen molar-refractivity contribution in [1.82, 2.24) is 9.55 Å². The standard InChI is InChI=1S/C27H50N3O8P.Na/c1-2-3-4-5-6-7-8-9-10-11-12-13-14-15-16-17-20-36-39(34,35)37-21-22-24(31)25(32)26(38-22)30-19-18-23(28)29-27(30)33;/h18-19,22,24-26,31-32H,2-17,20-21H2,1H3,(H,34,35)(H2,28,29,33);/q;+1/p-1/t22-,24-,25+,26-;/m1./s1. The minimum absolute atomic E-state index is 0. The van der Waals surface area contributed by atoms with Gasteiger partial charge in [-0.1, -0.05) is 103 Å². The van der Waals surface area contributed by atoms with Crippen molar-refractivity contribution in [2.75, 3.05) is 13.2 Å². The van der Waals surface area contributed by atoms with Crippen LogP contribution >= 0.6 is 7.82 Å². The Morgan fingerprint density at radius 1 is 0.925 bits per heavy atom. The molecule has 0 amide bonds. The molecular formula is C27H49N3NaO8P. The number of ether oxygens (including phenoxy) is 1. The fraction of sp³-hybridized carbons (Fsp3) is 0.852. The van der Waals surface area contributed by atoms with Gasteiger partial charge in [0.05, 0.1) is 19.2 Å². The molecule has 4 N–H and O–H groups in total. The third-order valence-corrected chi connectivity index (χ3v) is 8.08. The van der Waals surface area contributed by atoms with Crippen LogP contribution in [0.3, 0.4) is 0 Å². The largest absolute Gasteiger partial charge is 1.00 e. The number of phosphoric acid groups is 1. The van der Waals surface area contributed by atoms with Gasteiger partial charge in [0, 0.05) is 6.20 Å². The SMILES string of the molecule is CCCCCCCCCCCCCCCCCCOP(=O)(O)OC[C@H]1O[C@@H](n2ccc(=N)nc2[O-])[C@@H](O)[C@@H]1O.[Na+]. The van der Waals surface area contributed by atoms with E-state index >= 15 is 0 Å². The van der Waals surface area contributed by atoms with E-state index in [2.05, 4.69) is 11.9 Å². The minimum atomic E-state index is -4.37. The maximum absolute atomic E-state index is 12.2. The summed E-state index contributed by atoms with van der Waals surface area (Å²) < 4.78 is 28.6. The van der Waals surface area contributed by atoms with Crippen LogP contribution in [0, 0.1) is 5.41 Å². The van der Waals surface area contributed by atoms with Gasteiger partial charge in [0.2, 0.25) is 0 Å². The van der Waals surface area contributed by atoms with Crippen LogP contribution in [0.25, 0.3) is 0 Å². The minimum Gasteiger partial charge on any atom is -0.846 e. The van der Waals surface area contributed by atoms with Crippen molar-refractivity contribution in [3.05, 3.63) is 17.8 Å². The molecule has 1 saturated heterocycles. The van der Waals surface area contributed by atoms with Gasteiger partial charge in [-0.15, -0.1) is 0 Å². The molecule has 1 aliphatic heterocycles. The first-order chi connectivity index (χ1) is 18.7. The molecule has 0 spiro atoms. The predicted molar refractivity (Wildman–Crippen MR) is 145 cm³/mol. The molecule has 2 rings (SSSR count). The second kappa shape index (κ2) is 21.4. The fourth-order valence-electron chi connectivity index (χ4n) is 4.74. The molecule has 5 atom stereocenters. The number of nitrogens with zero attached hydrogens (tertiary/aromatic N) is 2. The third-order valence-electron chi connectivity index (χ3n) is 7.10. The van der Waals surface area contributed by atoms with Crippen molar-refractivity contribution in [2.45, 2.75) is 134 Å². The second-order valence-corrected chi connectivity index (χ2v) is 11.9. The van der Waals surface area contributed by atoms with Crippen LogP contribution in [0.1, 0.15) is 116 Å². The Labute approximate surface area is 261 Å². The molecule has 1 fully saturated rings. The number of rotatable bonds is 22. The first kappa shape index (κ1) is 37.7. The number of nitrogens with one attached hydrogen (secondary N) is 1. The summed E-state index contributed by atoms with van der Waals surface area (Å²) in [6, 6.07) is 0.414. The van der Waals surface area contributed by atoms with Crippen molar-refractivity contribution >= 4 is 7.82 Å². The summed E-state index contributed by atoms with van der Waals surface area (Å²) >= 11 is 0. The molecule has 1 unspecified atom stereocenters. The molecule has 11 nitrogen and oxygen atoms in total. The normalized spacial score (nSPS) is 22.2. The maximum Gasteiger partial charge on any atom is 1.00 e. The van der Waals surface area contributed by atoms with E-state index in [0.29, 0.717) is 6.42 Å². The van der Waals surface area contributed by atoms with Crippen LogP contribution in [-0.2, 0) is 18.3 Å². The van der Waals surface area contributed by atoms with Crippen LogP contribution in [0.2, 0.25) is 0 Å². The van der Waals surface area contributed by atoms with Gasteiger partial charge in [0.25, 0.3) is 0 Å². The van der Waals surface area contributed by atoms with E-state index in [1.807, 2.05) is 0 Å². The van der Waals surface area contributed by atoms with E-state index in [-0.39, 0.29) is 41.7 Å². The molecule has 13 heteroatoms. The van der Waals surface area contributed by atoms with Crippen LogP contribution in [0.4, 0.5) is 0 Å². The monoisotopic (exact) mass is 597 g/mol. The quantitative estimate of drug-likeness (QED) is 0.0878. The zero-order valence-electron chi connectivity index (χ0n) is 24.4. The Hall–Kier alpha value is -0.330. The molecule has 1 aromatic heterocycles. The summed E-state index contributed by atoms with van der Waals surface area (Å²) in [5.41, 5.74) is -0.244. The maximum atomic E-state index is 12.2. The van der Waals surface area contributed by atoms with Gasteiger partial charge < -0.3 is 29.5 Å². The number of unbranched alkanes of at least 4 members (excludes halogenated alkanes) is 15. The summed E-state index contributed by atoms with van der Waals surface area (Å²) in [7, 11) is -4.37. The van der Waals surface area contributed by atoms with Crippen molar-refractivity contribution in [2.24, 2.45) is 0 Å². The number of phosphoric ester groups is 1. The summed E-state index contributed by atoms with van der Waals surface area (Å²) in [5.74, 6) is 0. The van der Waals surface area contributed by atoms with E-state index in [1.54, 1.807) is 0 Å². The third kappa shape index (κ3) is 14.7. The molecule has 1 aliphatic rings. The average molecular weight is 598 g/mol. The first-order valence-electron chi connectivity index (χ1n) is 14.7. The molecule has 0 aromatic carbocycles. The van der Waals surface area contributed by atoms with Crippen LogP contribution in [0.15, 0.2) is 12.3 Å². The number of hydrogen-bond donors (Lipinski definition) is 4. The summed E-state index contributed by atoms with van der Waals surface area (Å²) in [4.78, 5) is 13.4. The van der Waals surface area contributed by atoms with Gasteiger partial charge in [0.15, 0.2) is 6.23 Å². The smallest absolute Gasteiger partial charge is 0.846 e. The molecule has 40 heavy (non-hydrogen) atoms. The van der Waals surface area contributed by atoms with Crippen molar-refractivity contribution in [3.8, 4) is 6.01 Å². The Morgan fingerprint density at radius 2 is 1.43 bits per heavy atom. The molecule has 0 saturated carbocycles. The molecule has 0 bridgehead atoms. The van der Waals surface area contributed by atoms with Gasteiger partial charge >= 0.3 is 37.4 Å². The second-order valence-electron chi connectivity index (χ2n) is 10.4. The Bertz CT molecular complexity index is 909. The molecule has 0 radical (unpaired) electrons. The van der Waals surface area contributed by atoms with E-state index in [1.165, 1.54) is 89.3 Å². The first-order valence-corrected chi connectivity index (χ1v) is 16.2. The van der Waals surface area contributed by atoms with Crippen molar-refractivity contribution in [1.29, 1.82) is 5.41 Å². The van der Waals surface area contributed by atoms with Crippen LogP contribution in [-0.4, -0.2) is 56.2 Å². The van der Waals surface area contributed by atoms with Crippen LogP contribution in [0.5, 0.6) is 6.01 Å². The molecule has 0 aliphatic carbocycles. The number of aliphatic hydroxyl groups excluding tert-OH is 2. The van der Waals surface area contributed by atoms with Crippen molar-refractivity contribution < 1.29 is 68.1 Å². The molecular weight excluding hydrogens is 548 g/mol. The van der Waals surface area contributed by atoms with Gasteiger partial charge in [-0.25, -0.2) is 9.55 Å². The van der Waals surface area contributed by atoms with Gasteiger partial charge in [-0.2, -0.15) is 0 Å². The Kier molecular flexibility index (Phi) is 20.1. The zero-order chi connectivity index (χ0) is 28.5. The number of aromatic nitrogens is 2. The number of hydrogen-bond acceptors (Lipinski definition) is 9. The summed E-state index contributed by atoms with van der Waals surface area (Å²) in [6.07, 6.45) is 15.6. The van der Waals surface area contributed by atoms with E-state index in [4.69, 9.17) is 19.2 Å². The van der Waals surface area contributed by atoms with Gasteiger partial charge in [0.1, 0.15) is 23.8 Å². The van der Waals surface area contributed by atoms with E-state index in [0.717, 1.165) is 23.8 Å². The van der Waals surface area contributed by atoms with Crippen molar-refractivity contribution in [3.63, 3.8) is 0 Å². The summed E-state index contributed by atoms with van der Waals surface area (Å²) in [5, 5.41) is 39.8. The topological polar surface area (TPSA) is 170 Å². The Morgan fingerprint density at radius 3 is 1.93 bits per heavy atom. The van der Waals surface area contributed by atoms with Gasteiger partial charge in [-0.05, 0) is 12.5 Å². The van der Waals surface area contributed by atoms with E-state index in [9.17, 15) is 24.8 Å². The fourth-order valence-corrected chi connectivity index (χ4v) is 5.51. The molecule has 2 heterocycles. The number of aliphatic hydroxyl groups is 2. The zero-order valence-corrected chi connectivity index (χ0v) is 27.3. The van der Waals surface area contributed by atoms with E-state index < -0.39 is 45.0 Å². The molecule has 226 valence electrons. The molecule has 1 aromatic rings. The Balaban J connectivity index is 0.00000800.